The molecular weight excluding hydrogens is 651 g/mol. The van der Waals surface area contributed by atoms with E-state index in [0.29, 0.717) is 33.9 Å². The van der Waals surface area contributed by atoms with Gasteiger partial charge in [0, 0.05) is 62.1 Å². The second kappa shape index (κ2) is 14.4. The number of nitrogens with one attached hydrogen (secondary N) is 1. The SMILES string of the molecule is C#C.Cn1cc(-c2ccnc(-n3ncc4cc(C(C)(C)C)cc(F)c4c3=O)c2CO)cc(Nc2ccc(N3CCN(C4COC4)CC3)cn2)c1=O. The molecule has 0 atom stereocenters. The fourth-order valence-corrected chi connectivity index (χ4v) is 6.42. The maximum Gasteiger partial charge on any atom is 0.283 e. The van der Waals surface area contributed by atoms with Crippen molar-refractivity contribution in [2.45, 2.75) is 38.8 Å². The number of aryl methyl sites for hydroxylation is 1. The second-order valence-electron chi connectivity index (χ2n) is 13.7. The topological polar surface area (TPSA) is 131 Å². The monoisotopic (exact) mass is 692 g/mol. The molecule has 5 aromatic rings. The van der Waals surface area contributed by atoms with E-state index in [1.807, 2.05) is 32.9 Å². The largest absolute Gasteiger partial charge is 0.392 e. The van der Waals surface area contributed by atoms with Gasteiger partial charge in [-0.15, -0.1) is 12.8 Å². The van der Waals surface area contributed by atoms with Gasteiger partial charge < -0.3 is 24.6 Å². The van der Waals surface area contributed by atoms with E-state index in [1.165, 1.54) is 23.0 Å². The summed E-state index contributed by atoms with van der Waals surface area (Å²) in [5, 5.41) is 18.3. The van der Waals surface area contributed by atoms with Crippen LogP contribution in [0, 0.1) is 18.7 Å². The summed E-state index contributed by atoms with van der Waals surface area (Å²) < 4.78 is 23.2. The zero-order valence-corrected chi connectivity index (χ0v) is 29.1. The quantitative estimate of drug-likeness (QED) is 0.242. The number of fused-ring (bicyclic) bond motifs is 1. The summed E-state index contributed by atoms with van der Waals surface area (Å²) in [6, 6.07) is 10.9. The smallest absolute Gasteiger partial charge is 0.283 e. The van der Waals surface area contributed by atoms with Gasteiger partial charge in [0.25, 0.3) is 11.1 Å². The highest BCUT2D eigenvalue weighted by molar-refractivity contribution is 5.83. The summed E-state index contributed by atoms with van der Waals surface area (Å²) in [6.07, 6.45) is 14.4. The van der Waals surface area contributed by atoms with Gasteiger partial charge in [-0.2, -0.15) is 9.78 Å². The van der Waals surface area contributed by atoms with E-state index in [4.69, 9.17) is 4.74 Å². The van der Waals surface area contributed by atoms with Crippen LogP contribution in [0.5, 0.6) is 0 Å². The summed E-state index contributed by atoms with van der Waals surface area (Å²) in [7, 11) is 1.63. The van der Waals surface area contributed by atoms with Crippen LogP contribution in [0.2, 0.25) is 0 Å². The lowest BCUT2D eigenvalue weighted by Crippen LogP contribution is -2.56. The van der Waals surface area contributed by atoms with E-state index >= 15 is 4.39 Å². The molecule has 0 aliphatic carbocycles. The van der Waals surface area contributed by atoms with Gasteiger partial charge in [0.2, 0.25) is 0 Å². The van der Waals surface area contributed by atoms with Crippen LogP contribution in [0.15, 0.2) is 70.8 Å². The third-order valence-corrected chi connectivity index (χ3v) is 9.42. The number of halogens is 1. The Labute approximate surface area is 295 Å². The highest BCUT2D eigenvalue weighted by Gasteiger charge is 2.29. The molecule has 6 heterocycles. The van der Waals surface area contributed by atoms with Crippen LogP contribution >= 0.6 is 0 Å². The third kappa shape index (κ3) is 6.98. The number of aromatic nitrogens is 5. The summed E-state index contributed by atoms with van der Waals surface area (Å²) in [6.45, 7) is 10.8. The molecule has 0 amide bonds. The van der Waals surface area contributed by atoms with Crippen molar-refractivity contribution in [3.05, 3.63) is 98.8 Å². The molecule has 0 saturated carbocycles. The van der Waals surface area contributed by atoms with Gasteiger partial charge in [0.15, 0.2) is 5.82 Å². The van der Waals surface area contributed by atoms with Gasteiger partial charge in [0.05, 0.1) is 49.3 Å². The average molecular weight is 693 g/mol. The number of piperazine rings is 1. The van der Waals surface area contributed by atoms with E-state index in [9.17, 15) is 14.7 Å². The molecule has 13 heteroatoms. The van der Waals surface area contributed by atoms with E-state index in [0.717, 1.165) is 55.3 Å². The number of hydrogen-bond acceptors (Lipinski definition) is 10. The molecule has 7 rings (SSSR count). The van der Waals surface area contributed by atoms with Gasteiger partial charge in [-0.25, -0.2) is 14.4 Å². The second-order valence-corrected chi connectivity index (χ2v) is 13.7. The predicted molar refractivity (Wildman–Crippen MR) is 196 cm³/mol. The Morgan fingerprint density at radius 3 is 2.37 bits per heavy atom. The van der Waals surface area contributed by atoms with E-state index in [-0.39, 0.29) is 27.9 Å². The first kappa shape index (κ1) is 35.4. The lowest BCUT2D eigenvalue weighted by Gasteiger charge is -2.43. The number of rotatable bonds is 7. The lowest BCUT2D eigenvalue weighted by atomic mass is 9.86. The van der Waals surface area contributed by atoms with Crippen LogP contribution in [0.25, 0.3) is 27.7 Å². The van der Waals surface area contributed by atoms with Crippen molar-refractivity contribution in [1.82, 2.24) is 29.2 Å². The molecule has 51 heavy (non-hydrogen) atoms. The predicted octanol–water partition coefficient (Wildman–Crippen LogP) is 3.98. The molecule has 2 saturated heterocycles. The van der Waals surface area contributed by atoms with Gasteiger partial charge in [-0.1, -0.05) is 20.8 Å². The number of terminal acetylenes is 1. The minimum absolute atomic E-state index is 0.0636. The van der Waals surface area contributed by atoms with E-state index < -0.39 is 18.0 Å². The molecular formula is C38H41FN8O4. The number of hydrogen-bond donors (Lipinski definition) is 2. The average Bonchev–Trinajstić information content (AvgIpc) is 3.10. The Hall–Kier alpha value is -5.42. The van der Waals surface area contributed by atoms with Crippen molar-refractivity contribution in [3.8, 4) is 29.8 Å². The Morgan fingerprint density at radius 2 is 1.75 bits per heavy atom. The van der Waals surface area contributed by atoms with Crippen LogP contribution in [0.4, 0.5) is 21.6 Å². The van der Waals surface area contributed by atoms with Gasteiger partial charge >= 0.3 is 0 Å². The molecule has 264 valence electrons. The van der Waals surface area contributed by atoms with Crippen molar-refractivity contribution >= 4 is 28.0 Å². The zero-order chi connectivity index (χ0) is 36.4. The van der Waals surface area contributed by atoms with Crippen molar-refractivity contribution < 1.29 is 14.2 Å². The summed E-state index contributed by atoms with van der Waals surface area (Å²) in [4.78, 5) is 40.6. The van der Waals surface area contributed by atoms with Crippen molar-refractivity contribution in [1.29, 1.82) is 0 Å². The Balaban J connectivity index is 0.00000220. The first-order valence-corrected chi connectivity index (χ1v) is 16.7. The molecule has 2 N–H and O–H groups in total. The van der Waals surface area contributed by atoms with Crippen LogP contribution < -0.4 is 21.3 Å². The van der Waals surface area contributed by atoms with E-state index in [1.54, 1.807) is 37.6 Å². The molecule has 0 spiro atoms. The molecule has 0 unspecified atom stereocenters. The maximum absolute atomic E-state index is 15.4. The molecule has 2 aliphatic rings. The molecule has 1 aromatic carbocycles. The van der Waals surface area contributed by atoms with E-state index in [2.05, 4.69) is 43.0 Å². The molecule has 2 fully saturated rings. The number of pyridine rings is 3. The van der Waals surface area contributed by atoms with Crippen LogP contribution in [0.1, 0.15) is 31.9 Å². The van der Waals surface area contributed by atoms with Gasteiger partial charge in [-0.05, 0) is 52.9 Å². The lowest BCUT2D eigenvalue weighted by molar-refractivity contribution is -0.0660. The summed E-state index contributed by atoms with van der Waals surface area (Å²) >= 11 is 0. The number of ether oxygens (including phenoxy) is 1. The number of benzene rings is 1. The standard InChI is InChI=1S/C36H39FN8O4.C2H2/c1-36(2,3)24-13-22-16-40-45(35(48)32(22)29(37)15-24)33-28(19-46)27(7-8-38-33)23-14-30(34(47)42(4)18-23)41-31-6-5-25(17-39-31)43-9-11-44(12-10-43)26-20-49-21-26;1-2/h5-8,13-18,26,46H,9-12,19-21H2,1-4H3,(H,39,41);1-2H. The number of aliphatic hydroxyl groups is 1. The number of nitrogens with zero attached hydrogens (tertiary/aromatic N) is 7. The summed E-state index contributed by atoms with van der Waals surface area (Å²) in [5.41, 5.74) is 2.14. The van der Waals surface area contributed by atoms with Crippen LogP contribution in [0.3, 0.4) is 0 Å². The fraction of sp³-hybridized carbons (Fsp3) is 0.342. The highest BCUT2D eigenvalue weighted by atomic mass is 19.1. The first-order valence-electron chi connectivity index (χ1n) is 16.7. The Morgan fingerprint density at radius 1 is 1.00 bits per heavy atom. The Bertz CT molecular complexity index is 2200. The molecule has 12 nitrogen and oxygen atoms in total. The minimum atomic E-state index is -0.693. The first-order chi connectivity index (χ1) is 24.5. The Kier molecular flexibility index (Phi) is 10.0. The van der Waals surface area contributed by atoms with Crippen molar-refractivity contribution in [3.63, 3.8) is 0 Å². The number of aliphatic hydroxyl groups excluding tert-OH is 1. The zero-order valence-electron chi connectivity index (χ0n) is 29.1. The van der Waals surface area contributed by atoms with Gasteiger partial charge in [-0.3, -0.25) is 14.5 Å². The molecule has 0 bridgehead atoms. The molecule has 4 aromatic heterocycles. The third-order valence-electron chi connectivity index (χ3n) is 9.42. The highest BCUT2D eigenvalue weighted by Crippen LogP contribution is 2.30. The van der Waals surface area contributed by atoms with Crippen molar-refractivity contribution in [2.24, 2.45) is 7.05 Å². The van der Waals surface area contributed by atoms with Crippen LogP contribution in [-0.4, -0.2) is 79.8 Å². The van der Waals surface area contributed by atoms with Gasteiger partial charge in [0.1, 0.15) is 17.3 Å². The normalized spacial score (nSPS) is 15.3. The minimum Gasteiger partial charge on any atom is -0.392 e. The number of anilines is 3. The summed E-state index contributed by atoms with van der Waals surface area (Å²) in [5.74, 6) is -0.0824. The molecule has 2 aliphatic heterocycles. The maximum atomic E-state index is 15.4. The molecule has 0 radical (unpaired) electrons. The van der Waals surface area contributed by atoms with Crippen molar-refractivity contribution in [2.75, 3.05) is 49.6 Å². The van der Waals surface area contributed by atoms with Crippen LogP contribution in [-0.2, 0) is 23.8 Å². The fourth-order valence-electron chi connectivity index (χ4n) is 6.42.